The zero-order valence-corrected chi connectivity index (χ0v) is 13.2. The molecule has 0 aliphatic carbocycles. The Morgan fingerprint density at radius 2 is 1.79 bits per heavy atom. The van der Waals surface area contributed by atoms with Gasteiger partial charge in [-0.1, -0.05) is 49.7 Å². The maximum Gasteiger partial charge on any atom is 0.0683 e. The molecule has 3 heteroatoms. The molecule has 2 rings (SSSR count). The third-order valence-corrected chi connectivity index (χ3v) is 5.07. The molecule has 0 aliphatic heterocycles. The summed E-state index contributed by atoms with van der Waals surface area (Å²) >= 11 is 7.94. The van der Waals surface area contributed by atoms with Crippen LogP contribution in [-0.4, -0.2) is 7.05 Å². The van der Waals surface area contributed by atoms with Crippen molar-refractivity contribution in [2.75, 3.05) is 7.05 Å². The standard InChI is InChI=1S/C16H20ClNS/c1-4-11(2)12-5-7-13(8-6-12)15(18-3)16-14(17)9-10-19-16/h5-11,15,18H,4H2,1-3H3. The molecule has 2 atom stereocenters. The average Bonchev–Trinajstić information content (AvgIpc) is 2.86. The minimum Gasteiger partial charge on any atom is -0.309 e. The molecule has 0 fully saturated rings. The van der Waals surface area contributed by atoms with Crippen molar-refractivity contribution >= 4 is 22.9 Å². The minimum absolute atomic E-state index is 0.179. The van der Waals surface area contributed by atoms with Crippen LogP contribution in [0.4, 0.5) is 0 Å². The summed E-state index contributed by atoms with van der Waals surface area (Å²) in [6.45, 7) is 4.49. The van der Waals surface area contributed by atoms with Gasteiger partial charge in [0.1, 0.15) is 0 Å². The monoisotopic (exact) mass is 293 g/mol. The molecule has 0 amide bonds. The van der Waals surface area contributed by atoms with Crippen molar-refractivity contribution in [3.8, 4) is 0 Å². The fourth-order valence-corrected chi connectivity index (χ4v) is 3.52. The van der Waals surface area contributed by atoms with Crippen molar-refractivity contribution in [3.63, 3.8) is 0 Å². The number of thiophene rings is 1. The van der Waals surface area contributed by atoms with Gasteiger partial charge in [-0.15, -0.1) is 11.3 Å². The lowest BCUT2D eigenvalue weighted by Gasteiger charge is -2.17. The van der Waals surface area contributed by atoms with Crippen LogP contribution in [0.25, 0.3) is 0 Å². The Balaban J connectivity index is 2.27. The predicted molar refractivity (Wildman–Crippen MR) is 85.4 cm³/mol. The van der Waals surface area contributed by atoms with Crippen LogP contribution in [0.1, 0.15) is 48.2 Å². The highest BCUT2D eigenvalue weighted by Crippen LogP contribution is 2.33. The second-order valence-corrected chi connectivity index (χ2v) is 6.19. The van der Waals surface area contributed by atoms with Crippen LogP contribution >= 0.6 is 22.9 Å². The molecule has 1 nitrogen and oxygen atoms in total. The fourth-order valence-electron chi connectivity index (χ4n) is 2.21. The van der Waals surface area contributed by atoms with E-state index in [1.54, 1.807) is 11.3 Å². The van der Waals surface area contributed by atoms with Gasteiger partial charge in [0.25, 0.3) is 0 Å². The first kappa shape index (κ1) is 14.6. The summed E-state index contributed by atoms with van der Waals surface area (Å²) in [7, 11) is 1.98. The van der Waals surface area contributed by atoms with E-state index >= 15 is 0 Å². The highest BCUT2D eigenvalue weighted by Gasteiger charge is 2.16. The molecule has 1 heterocycles. The van der Waals surface area contributed by atoms with Gasteiger partial charge in [0.15, 0.2) is 0 Å². The largest absolute Gasteiger partial charge is 0.309 e. The van der Waals surface area contributed by atoms with Crippen LogP contribution in [0.15, 0.2) is 35.7 Å². The predicted octanol–water partition coefficient (Wildman–Crippen LogP) is 5.22. The number of hydrogen-bond donors (Lipinski definition) is 1. The average molecular weight is 294 g/mol. The topological polar surface area (TPSA) is 12.0 Å². The van der Waals surface area contributed by atoms with Gasteiger partial charge < -0.3 is 5.32 Å². The van der Waals surface area contributed by atoms with E-state index in [9.17, 15) is 0 Å². The maximum absolute atomic E-state index is 6.24. The van der Waals surface area contributed by atoms with E-state index in [0.717, 1.165) is 5.02 Å². The van der Waals surface area contributed by atoms with Gasteiger partial charge in [0, 0.05) is 4.88 Å². The lowest BCUT2D eigenvalue weighted by molar-refractivity contribution is 0.699. The number of benzene rings is 1. The molecule has 0 saturated carbocycles. The van der Waals surface area contributed by atoms with Crippen molar-refractivity contribution in [2.24, 2.45) is 0 Å². The Hall–Kier alpha value is -0.830. The number of nitrogens with one attached hydrogen (secondary N) is 1. The molecule has 0 saturated heterocycles. The molecule has 1 aromatic carbocycles. The molecule has 2 unspecified atom stereocenters. The third kappa shape index (κ3) is 3.19. The normalized spacial score (nSPS) is 14.3. The molecule has 0 radical (unpaired) electrons. The maximum atomic E-state index is 6.24. The number of halogens is 1. The molecular formula is C16H20ClNS. The van der Waals surface area contributed by atoms with Crippen LogP contribution in [0, 0.1) is 0 Å². The summed E-state index contributed by atoms with van der Waals surface area (Å²) in [5.74, 6) is 0.618. The third-order valence-electron chi connectivity index (χ3n) is 3.65. The summed E-state index contributed by atoms with van der Waals surface area (Å²) in [6, 6.07) is 11.0. The van der Waals surface area contributed by atoms with Crippen LogP contribution in [-0.2, 0) is 0 Å². The van der Waals surface area contributed by atoms with E-state index in [4.69, 9.17) is 11.6 Å². The Morgan fingerprint density at radius 3 is 2.26 bits per heavy atom. The number of rotatable bonds is 5. The lowest BCUT2D eigenvalue weighted by Crippen LogP contribution is -2.16. The molecule has 0 spiro atoms. The van der Waals surface area contributed by atoms with Crippen LogP contribution in [0.5, 0.6) is 0 Å². The van der Waals surface area contributed by atoms with Gasteiger partial charge in [-0.05, 0) is 42.0 Å². The van der Waals surface area contributed by atoms with Crippen molar-refractivity contribution in [3.05, 3.63) is 56.7 Å². The first-order valence-corrected chi connectivity index (χ1v) is 7.93. The lowest BCUT2D eigenvalue weighted by atomic mass is 9.95. The highest BCUT2D eigenvalue weighted by atomic mass is 35.5. The van der Waals surface area contributed by atoms with E-state index in [1.807, 2.05) is 18.5 Å². The van der Waals surface area contributed by atoms with Gasteiger partial charge in [-0.2, -0.15) is 0 Å². The van der Waals surface area contributed by atoms with E-state index in [-0.39, 0.29) is 6.04 Å². The Labute approximate surface area is 124 Å². The fraction of sp³-hybridized carbons (Fsp3) is 0.375. The van der Waals surface area contributed by atoms with Gasteiger partial charge in [-0.3, -0.25) is 0 Å². The summed E-state index contributed by atoms with van der Waals surface area (Å²) in [5, 5.41) is 6.23. The number of hydrogen-bond acceptors (Lipinski definition) is 2. The summed E-state index contributed by atoms with van der Waals surface area (Å²) in [6.07, 6.45) is 1.17. The molecule has 2 aromatic rings. The van der Waals surface area contributed by atoms with Crippen molar-refractivity contribution in [1.29, 1.82) is 0 Å². The second-order valence-electron chi connectivity index (χ2n) is 4.83. The van der Waals surface area contributed by atoms with E-state index in [2.05, 4.69) is 43.4 Å². The molecular weight excluding hydrogens is 274 g/mol. The molecule has 19 heavy (non-hydrogen) atoms. The zero-order valence-electron chi connectivity index (χ0n) is 11.6. The van der Waals surface area contributed by atoms with Crippen LogP contribution in [0.3, 0.4) is 0 Å². The summed E-state index contributed by atoms with van der Waals surface area (Å²) < 4.78 is 0. The van der Waals surface area contributed by atoms with Crippen LogP contribution in [0.2, 0.25) is 5.02 Å². The van der Waals surface area contributed by atoms with Gasteiger partial charge >= 0.3 is 0 Å². The first-order valence-electron chi connectivity index (χ1n) is 6.67. The minimum atomic E-state index is 0.179. The highest BCUT2D eigenvalue weighted by molar-refractivity contribution is 7.10. The van der Waals surface area contributed by atoms with Gasteiger partial charge in [0.2, 0.25) is 0 Å². The van der Waals surface area contributed by atoms with E-state index < -0.39 is 0 Å². The van der Waals surface area contributed by atoms with E-state index in [1.165, 1.54) is 22.4 Å². The first-order chi connectivity index (χ1) is 9.17. The quantitative estimate of drug-likeness (QED) is 0.796. The Bertz CT molecular complexity index is 518. The van der Waals surface area contributed by atoms with Crippen molar-refractivity contribution < 1.29 is 0 Å². The smallest absolute Gasteiger partial charge is 0.0683 e. The van der Waals surface area contributed by atoms with Crippen molar-refractivity contribution in [1.82, 2.24) is 5.32 Å². The molecule has 0 aliphatic rings. The summed E-state index contributed by atoms with van der Waals surface area (Å²) in [4.78, 5) is 1.18. The van der Waals surface area contributed by atoms with Crippen LogP contribution < -0.4 is 5.32 Å². The molecule has 102 valence electrons. The molecule has 1 aromatic heterocycles. The van der Waals surface area contributed by atoms with Gasteiger partial charge in [0.05, 0.1) is 11.1 Å². The van der Waals surface area contributed by atoms with Gasteiger partial charge in [-0.25, -0.2) is 0 Å². The van der Waals surface area contributed by atoms with E-state index in [0.29, 0.717) is 5.92 Å². The van der Waals surface area contributed by atoms with Crippen molar-refractivity contribution in [2.45, 2.75) is 32.2 Å². The SMILES string of the molecule is CCC(C)c1ccc(C(NC)c2sccc2Cl)cc1. The Morgan fingerprint density at radius 1 is 1.16 bits per heavy atom. The molecule has 1 N–H and O–H groups in total. The zero-order chi connectivity index (χ0) is 13.8. The summed E-state index contributed by atoms with van der Waals surface area (Å²) in [5.41, 5.74) is 2.66. The molecule has 0 bridgehead atoms. The second kappa shape index (κ2) is 6.56. The Kier molecular flexibility index (Phi) is 5.03.